The maximum atomic E-state index is 12.1. The molecule has 0 bridgehead atoms. The van der Waals surface area contributed by atoms with Crippen LogP contribution in [-0.2, 0) is 5.41 Å². The summed E-state index contributed by atoms with van der Waals surface area (Å²) in [7, 11) is 0. The summed E-state index contributed by atoms with van der Waals surface area (Å²) in [6.45, 7) is 1.80. The maximum Gasteiger partial charge on any atom is 0.232 e. The van der Waals surface area contributed by atoms with Crippen molar-refractivity contribution in [3.05, 3.63) is 60.4 Å². The molecule has 0 N–H and O–H groups in total. The first-order chi connectivity index (χ1) is 8.65. The normalized spacial score (nSPS) is 13.6. The Labute approximate surface area is 106 Å². The molecule has 90 valence electrons. The van der Waals surface area contributed by atoms with Crippen molar-refractivity contribution in [2.24, 2.45) is 0 Å². The van der Waals surface area contributed by atoms with Crippen LogP contribution in [0.1, 0.15) is 23.7 Å². The van der Waals surface area contributed by atoms with Crippen molar-refractivity contribution in [1.82, 2.24) is 4.57 Å². The molecule has 3 nitrogen and oxygen atoms in total. The second kappa shape index (κ2) is 4.89. The van der Waals surface area contributed by atoms with Gasteiger partial charge in [-0.05, 0) is 24.6 Å². The zero-order valence-electron chi connectivity index (χ0n) is 10.2. The van der Waals surface area contributed by atoms with Gasteiger partial charge in [-0.1, -0.05) is 30.3 Å². The van der Waals surface area contributed by atoms with Gasteiger partial charge in [0.1, 0.15) is 0 Å². The Bertz CT molecular complexity index is 566. The molecule has 1 atom stereocenters. The molecule has 3 heteroatoms. The molecule has 0 amide bonds. The van der Waals surface area contributed by atoms with E-state index in [-0.39, 0.29) is 12.3 Å². The van der Waals surface area contributed by atoms with E-state index < -0.39 is 5.41 Å². The molecule has 18 heavy (non-hydrogen) atoms. The third kappa shape index (κ3) is 2.33. The fourth-order valence-corrected chi connectivity index (χ4v) is 1.91. The van der Waals surface area contributed by atoms with Crippen molar-refractivity contribution in [3.63, 3.8) is 0 Å². The highest BCUT2D eigenvalue weighted by Crippen LogP contribution is 2.27. The highest BCUT2D eigenvalue weighted by atomic mass is 16.2. The largest absolute Gasteiger partial charge is 0.295 e. The van der Waals surface area contributed by atoms with Crippen LogP contribution in [0.4, 0.5) is 0 Å². The summed E-state index contributed by atoms with van der Waals surface area (Å²) in [4.78, 5) is 12.1. The summed E-state index contributed by atoms with van der Waals surface area (Å²) in [5.74, 6) is -0.0760. The molecule has 2 aromatic rings. The molecule has 0 saturated carbocycles. The minimum atomic E-state index is -0.789. The molecule has 1 aromatic heterocycles. The van der Waals surface area contributed by atoms with E-state index in [0.29, 0.717) is 0 Å². The number of hydrogen-bond acceptors (Lipinski definition) is 2. The Kier molecular flexibility index (Phi) is 3.29. The minimum absolute atomic E-state index is 0.0760. The molecular formula is C15H14N2O. The molecule has 0 radical (unpaired) electrons. The second-order valence-electron chi connectivity index (χ2n) is 4.47. The number of rotatable bonds is 3. The molecular weight excluding hydrogens is 224 g/mol. The lowest BCUT2D eigenvalue weighted by atomic mass is 9.81. The Morgan fingerprint density at radius 1 is 1.22 bits per heavy atom. The Hall–Kier alpha value is -2.34. The Morgan fingerprint density at radius 2 is 1.83 bits per heavy atom. The van der Waals surface area contributed by atoms with E-state index in [0.717, 1.165) is 5.56 Å². The van der Waals surface area contributed by atoms with Gasteiger partial charge in [0.2, 0.25) is 5.91 Å². The van der Waals surface area contributed by atoms with Crippen LogP contribution >= 0.6 is 0 Å². The fourth-order valence-electron chi connectivity index (χ4n) is 1.91. The predicted molar refractivity (Wildman–Crippen MR) is 69.1 cm³/mol. The van der Waals surface area contributed by atoms with Gasteiger partial charge in [0.05, 0.1) is 11.5 Å². The Balaban J connectivity index is 2.25. The average Bonchev–Trinajstić information content (AvgIpc) is 2.93. The van der Waals surface area contributed by atoms with Gasteiger partial charge < -0.3 is 0 Å². The van der Waals surface area contributed by atoms with Crippen LogP contribution in [0.2, 0.25) is 0 Å². The molecule has 0 aliphatic carbocycles. The minimum Gasteiger partial charge on any atom is -0.295 e. The number of nitriles is 1. The van der Waals surface area contributed by atoms with Crippen LogP contribution in [0, 0.1) is 11.3 Å². The highest BCUT2D eigenvalue weighted by molar-refractivity contribution is 5.81. The smallest absolute Gasteiger partial charge is 0.232 e. The van der Waals surface area contributed by atoms with Crippen molar-refractivity contribution in [3.8, 4) is 6.07 Å². The topological polar surface area (TPSA) is 45.8 Å². The van der Waals surface area contributed by atoms with Crippen molar-refractivity contribution in [2.45, 2.75) is 18.8 Å². The third-order valence-corrected chi connectivity index (χ3v) is 3.05. The molecule has 0 unspecified atom stereocenters. The van der Waals surface area contributed by atoms with Crippen molar-refractivity contribution < 1.29 is 4.79 Å². The van der Waals surface area contributed by atoms with Gasteiger partial charge >= 0.3 is 0 Å². The number of carbonyl (C=O) groups is 1. The molecule has 0 aliphatic rings. The van der Waals surface area contributed by atoms with E-state index in [1.807, 2.05) is 30.3 Å². The summed E-state index contributed by atoms with van der Waals surface area (Å²) in [6, 6.07) is 15.3. The van der Waals surface area contributed by atoms with E-state index in [1.165, 1.54) is 4.57 Å². The van der Waals surface area contributed by atoms with E-state index in [1.54, 1.807) is 31.5 Å². The first-order valence-corrected chi connectivity index (χ1v) is 5.79. The summed E-state index contributed by atoms with van der Waals surface area (Å²) in [6.07, 6.45) is 3.57. The summed E-state index contributed by atoms with van der Waals surface area (Å²) < 4.78 is 1.51. The lowest BCUT2D eigenvalue weighted by Gasteiger charge is -2.21. The Morgan fingerprint density at radius 3 is 2.39 bits per heavy atom. The summed E-state index contributed by atoms with van der Waals surface area (Å²) >= 11 is 0. The van der Waals surface area contributed by atoms with Crippen molar-refractivity contribution in [1.29, 1.82) is 5.26 Å². The van der Waals surface area contributed by atoms with Gasteiger partial charge in [-0.2, -0.15) is 5.26 Å². The van der Waals surface area contributed by atoms with Gasteiger partial charge in [-0.15, -0.1) is 0 Å². The van der Waals surface area contributed by atoms with Crippen LogP contribution < -0.4 is 0 Å². The second-order valence-corrected chi connectivity index (χ2v) is 4.47. The number of aromatic nitrogens is 1. The monoisotopic (exact) mass is 238 g/mol. The van der Waals surface area contributed by atoms with E-state index >= 15 is 0 Å². The predicted octanol–water partition coefficient (Wildman–Crippen LogP) is 3.00. The highest BCUT2D eigenvalue weighted by Gasteiger charge is 2.29. The summed E-state index contributed by atoms with van der Waals surface area (Å²) in [5, 5.41) is 9.37. The number of hydrogen-bond donors (Lipinski definition) is 0. The van der Waals surface area contributed by atoms with E-state index in [2.05, 4.69) is 6.07 Å². The van der Waals surface area contributed by atoms with Gasteiger partial charge in [-0.3, -0.25) is 9.36 Å². The van der Waals surface area contributed by atoms with Gasteiger partial charge in [0.15, 0.2) is 0 Å². The standard InChI is InChI=1S/C15H14N2O/c1-15(12-16,13-7-3-2-4-8-13)11-14(18)17-9-5-6-10-17/h2-10H,11H2,1H3/t15-/m0/s1. The van der Waals surface area contributed by atoms with Crippen LogP contribution in [-0.4, -0.2) is 10.5 Å². The lowest BCUT2D eigenvalue weighted by Crippen LogP contribution is -2.26. The van der Waals surface area contributed by atoms with Gasteiger partial charge in [-0.25, -0.2) is 0 Å². The van der Waals surface area contributed by atoms with Crippen LogP contribution in [0.15, 0.2) is 54.9 Å². The van der Waals surface area contributed by atoms with E-state index in [9.17, 15) is 10.1 Å². The SMILES string of the molecule is C[C@@](C#N)(CC(=O)n1cccc1)c1ccccc1. The van der Waals surface area contributed by atoms with Crippen molar-refractivity contribution in [2.75, 3.05) is 0 Å². The fraction of sp³-hybridized carbons (Fsp3) is 0.200. The zero-order chi connectivity index (χ0) is 13.0. The first-order valence-electron chi connectivity index (χ1n) is 5.79. The molecule has 0 fully saturated rings. The molecule has 1 aromatic carbocycles. The van der Waals surface area contributed by atoms with Gasteiger partial charge in [0.25, 0.3) is 0 Å². The molecule has 0 saturated heterocycles. The molecule has 1 heterocycles. The molecule has 0 spiro atoms. The maximum absolute atomic E-state index is 12.1. The lowest BCUT2D eigenvalue weighted by molar-refractivity contribution is 0.0884. The average molecular weight is 238 g/mol. The van der Waals surface area contributed by atoms with Crippen LogP contribution in [0.5, 0.6) is 0 Å². The molecule has 2 rings (SSSR count). The quantitative estimate of drug-likeness (QED) is 0.825. The van der Waals surface area contributed by atoms with Crippen LogP contribution in [0.3, 0.4) is 0 Å². The van der Waals surface area contributed by atoms with Crippen LogP contribution in [0.25, 0.3) is 0 Å². The number of nitrogens with zero attached hydrogens (tertiary/aromatic N) is 2. The third-order valence-electron chi connectivity index (χ3n) is 3.05. The van der Waals surface area contributed by atoms with Crippen molar-refractivity contribution >= 4 is 5.91 Å². The number of benzene rings is 1. The number of carbonyl (C=O) groups excluding carboxylic acids is 1. The first kappa shape index (κ1) is 12.1. The van der Waals surface area contributed by atoms with E-state index in [4.69, 9.17) is 0 Å². The summed E-state index contributed by atoms with van der Waals surface area (Å²) in [5.41, 5.74) is 0.0795. The zero-order valence-corrected chi connectivity index (χ0v) is 10.2. The van der Waals surface area contributed by atoms with Gasteiger partial charge in [0, 0.05) is 18.8 Å². The molecule has 0 aliphatic heterocycles.